The van der Waals surface area contributed by atoms with E-state index in [0.29, 0.717) is 24.0 Å². The predicted molar refractivity (Wildman–Crippen MR) is 182 cm³/mol. The van der Waals surface area contributed by atoms with Crippen molar-refractivity contribution in [2.45, 2.75) is 32.0 Å². The average Bonchev–Trinajstić information content (AvgIpc) is 3.12. The number of nitrogens with two attached hydrogens (primary N) is 1. The number of halogens is 5. The number of aryl methyl sites for hydroxylation is 1. The Morgan fingerprint density at radius 1 is 0.846 bits per heavy atom. The molecule has 52 heavy (non-hydrogen) atoms. The molecule has 0 radical (unpaired) electrons. The number of amidine groups is 1. The van der Waals surface area contributed by atoms with Gasteiger partial charge in [-0.05, 0) is 60.7 Å². The molecule has 270 valence electrons. The lowest BCUT2D eigenvalue weighted by Crippen LogP contribution is -2.21. The Hall–Kier alpha value is -6.51. The smallest absolute Gasteiger partial charge is 0.478 e. The van der Waals surface area contributed by atoms with Gasteiger partial charge in [-0.2, -0.15) is 26.9 Å². The molecular weight excluding hydrogens is 691 g/mol. The maximum absolute atomic E-state index is 16.0. The molecule has 0 bridgehead atoms. The highest BCUT2D eigenvalue weighted by molar-refractivity contribution is 5.95. The van der Waals surface area contributed by atoms with Crippen LogP contribution in [0.2, 0.25) is 0 Å². The molecule has 0 aliphatic rings. The van der Waals surface area contributed by atoms with Crippen LogP contribution in [-0.4, -0.2) is 45.2 Å². The third-order valence-corrected chi connectivity index (χ3v) is 7.24. The zero-order chi connectivity index (χ0) is 38.0. The molecule has 0 aliphatic heterocycles. The van der Waals surface area contributed by atoms with Crippen LogP contribution in [0.4, 0.5) is 27.6 Å². The molecular formula is C37H31F5N4O6. The minimum Gasteiger partial charge on any atom is -0.478 e. The van der Waals surface area contributed by atoms with Crippen LogP contribution in [-0.2, 0) is 11.2 Å². The fourth-order valence-corrected chi connectivity index (χ4v) is 4.65. The van der Waals surface area contributed by atoms with E-state index in [4.69, 9.17) is 30.5 Å². The molecule has 10 nitrogen and oxygen atoms in total. The summed E-state index contributed by atoms with van der Waals surface area (Å²) in [5.41, 5.74) is 7.57. The summed E-state index contributed by atoms with van der Waals surface area (Å²) in [5, 5.41) is 27.6. The molecule has 0 fully saturated rings. The van der Waals surface area contributed by atoms with E-state index in [-0.39, 0.29) is 22.9 Å². The van der Waals surface area contributed by atoms with E-state index < -0.39 is 53.2 Å². The van der Waals surface area contributed by atoms with Gasteiger partial charge in [0.15, 0.2) is 0 Å². The van der Waals surface area contributed by atoms with Gasteiger partial charge in [0.2, 0.25) is 11.6 Å². The highest BCUT2D eigenvalue weighted by atomic mass is 19.4. The number of carbonyl (C=O) groups is 2. The van der Waals surface area contributed by atoms with E-state index in [1.165, 1.54) is 24.3 Å². The van der Waals surface area contributed by atoms with E-state index in [1.807, 2.05) is 60.7 Å². The number of hydrogen-bond donors (Lipinski definition) is 5. The normalized spacial score (nSPS) is 11.4. The third kappa shape index (κ3) is 10.3. The molecule has 0 aliphatic carbocycles. The molecule has 4 aromatic carbocycles. The van der Waals surface area contributed by atoms with Gasteiger partial charge in [0, 0.05) is 11.6 Å². The number of anilines is 1. The molecule has 1 heterocycles. The number of benzene rings is 4. The van der Waals surface area contributed by atoms with Crippen LogP contribution in [0.1, 0.15) is 34.8 Å². The number of alkyl halides is 3. The van der Waals surface area contributed by atoms with E-state index in [0.717, 1.165) is 11.1 Å². The Balaban J connectivity index is 0.000000785. The standard InChI is InChI=1S/C35H30F2N4O4.C2HF3O2/c1-21(15-16-22-9-4-2-5-10-22)40-31-29(36)33(44-26-14-8-13-25(19-26)32(38)39)41-34(30(31)37)45-28-18-17-24(20-27(28)35(42)43)23-11-6-3-7-12-23;3-2(4,5)1(6)7/h2-14,17-21H,15-16H2,1H3,(H3,38,39)(H,40,41)(H,42,43);(H,6,7). The van der Waals surface area contributed by atoms with E-state index >= 15 is 8.78 Å². The minimum absolute atomic E-state index is 0.0909. The van der Waals surface area contributed by atoms with Crippen LogP contribution in [0.5, 0.6) is 23.3 Å². The van der Waals surface area contributed by atoms with Crippen molar-refractivity contribution in [3.8, 4) is 34.4 Å². The molecule has 6 N–H and O–H groups in total. The molecule has 0 amide bonds. The number of hydrogen-bond acceptors (Lipinski definition) is 7. The van der Waals surface area contributed by atoms with Crippen molar-refractivity contribution in [2.75, 3.05) is 5.32 Å². The predicted octanol–water partition coefficient (Wildman–Crippen LogP) is 8.66. The van der Waals surface area contributed by atoms with E-state index in [1.54, 1.807) is 25.1 Å². The highest BCUT2D eigenvalue weighted by Gasteiger charge is 2.38. The highest BCUT2D eigenvalue weighted by Crippen LogP contribution is 2.38. The maximum atomic E-state index is 16.0. The molecule has 5 aromatic rings. The van der Waals surface area contributed by atoms with Gasteiger partial charge in [-0.15, -0.1) is 0 Å². The number of carboxylic acid groups (broad SMARTS) is 2. The summed E-state index contributed by atoms with van der Waals surface area (Å²) in [6.45, 7) is 1.78. The molecule has 0 saturated heterocycles. The largest absolute Gasteiger partial charge is 0.490 e. The second kappa shape index (κ2) is 16.9. The Morgan fingerprint density at radius 2 is 1.44 bits per heavy atom. The summed E-state index contributed by atoms with van der Waals surface area (Å²) >= 11 is 0. The van der Waals surface area contributed by atoms with E-state index in [2.05, 4.69) is 10.3 Å². The Bertz CT molecular complexity index is 2050. The number of rotatable bonds is 12. The summed E-state index contributed by atoms with van der Waals surface area (Å²) in [7, 11) is 0. The van der Waals surface area contributed by atoms with Gasteiger partial charge < -0.3 is 30.7 Å². The first kappa shape index (κ1) is 38.3. The molecule has 5 rings (SSSR count). The molecule has 1 aromatic heterocycles. The number of carboxylic acids is 2. The van der Waals surface area contributed by atoms with Gasteiger partial charge in [-0.25, -0.2) is 9.59 Å². The topological polar surface area (TPSA) is 168 Å². The van der Waals surface area contributed by atoms with Crippen molar-refractivity contribution in [1.29, 1.82) is 5.41 Å². The number of nitrogens with one attached hydrogen (secondary N) is 2. The van der Waals surface area contributed by atoms with Crippen molar-refractivity contribution < 1.29 is 51.2 Å². The van der Waals surface area contributed by atoms with Crippen LogP contribution >= 0.6 is 0 Å². The summed E-state index contributed by atoms with van der Waals surface area (Å²) in [5.74, 6) is -8.00. The Morgan fingerprint density at radius 3 is 2.02 bits per heavy atom. The van der Waals surface area contributed by atoms with Crippen LogP contribution in [0.3, 0.4) is 0 Å². The number of aromatic carboxylic acids is 1. The first-order chi connectivity index (χ1) is 24.6. The van der Waals surface area contributed by atoms with Gasteiger partial charge in [0.25, 0.3) is 11.8 Å². The molecule has 1 unspecified atom stereocenters. The van der Waals surface area contributed by atoms with Gasteiger partial charge >= 0.3 is 18.1 Å². The van der Waals surface area contributed by atoms with Crippen molar-refractivity contribution in [3.63, 3.8) is 0 Å². The SMILES string of the molecule is CC(CCc1ccccc1)Nc1c(F)c(Oc2cccc(C(=N)N)c2)nc(Oc2ccc(-c3ccccc3)cc2C(=O)O)c1F.O=C(O)C(F)(F)F. The van der Waals surface area contributed by atoms with Crippen molar-refractivity contribution in [2.24, 2.45) is 5.73 Å². The lowest BCUT2D eigenvalue weighted by molar-refractivity contribution is -0.192. The molecule has 1 atom stereocenters. The number of aliphatic carboxylic acids is 1. The molecule has 0 spiro atoms. The van der Waals surface area contributed by atoms with Gasteiger partial charge in [-0.3, -0.25) is 5.41 Å². The van der Waals surface area contributed by atoms with Crippen LogP contribution in [0.25, 0.3) is 11.1 Å². The molecule has 0 saturated carbocycles. The second-order valence-electron chi connectivity index (χ2n) is 11.1. The lowest BCUT2D eigenvalue weighted by Gasteiger charge is -2.19. The first-order valence-electron chi connectivity index (χ1n) is 15.4. The van der Waals surface area contributed by atoms with Crippen molar-refractivity contribution in [3.05, 3.63) is 131 Å². The maximum Gasteiger partial charge on any atom is 0.490 e. The lowest BCUT2D eigenvalue weighted by atomic mass is 10.0. The number of aromatic nitrogens is 1. The number of pyridine rings is 1. The van der Waals surface area contributed by atoms with Gasteiger partial charge in [0.1, 0.15) is 28.6 Å². The summed E-state index contributed by atoms with van der Waals surface area (Å²) < 4.78 is 75.0. The zero-order valence-electron chi connectivity index (χ0n) is 27.2. The van der Waals surface area contributed by atoms with Gasteiger partial charge in [-0.1, -0.05) is 78.9 Å². The van der Waals surface area contributed by atoms with Crippen LogP contribution in [0, 0.1) is 17.0 Å². The van der Waals surface area contributed by atoms with Crippen LogP contribution in [0.15, 0.2) is 103 Å². The van der Waals surface area contributed by atoms with Crippen molar-refractivity contribution in [1.82, 2.24) is 4.98 Å². The minimum atomic E-state index is -5.08. The average molecular weight is 723 g/mol. The Kier molecular flexibility index (Phi) is 12.5. The summed E-state index contributed by atoms with van der Waals surface area (Å²) in [6, 6.07) is 28.9. The Labute approximate surface area is 293 Å². The number of nitrogens with zero attached hydrogens (tertiary/aromatic N) is 1. The molecule has 15 heteroatoms. The van der Waals surface area contributed by atoms with Crippen molar-refractivity contribution >= 4 is 23.5 Å². The van der Waals surface area contributed by atoms with Crippen LogP contribution < -0.4 is 20.5 Å². The van der Waals surface area contributed by atoms with E-state index in [9.17, 15) is 23.1 Å². The fraction of sp³-hybridized carbons (Fsp3) is 0.135. The fourth-order valence-electron chi connectivity index (χ4n) is 4.65. The summed E-state index contributed by atoms with van der Waals surface area (Å²) in [4.78, 5) is 25.1. The van der Waals surface area contributed by atoms with Gasteiger partial charge in [0.05, 0.1) is 0 Å². The second-order valence-corrected chi connectivity index (χ2v) is 11.1. The number of ether oxygens (including phenoxy) is 2. The zero-order valence-corrected chi connectivity index (χ0v) is 27.2. The monoisotopic (exact) mass is 722 g/mol. The summed E-state index contributed by atoms with van der Waals surface area (Å²) in [6.07, 6.45) is -3.88. The quantitative estimate of drug-likeness (QED) is 0.0481. The number of nitrogen functional groups attached to an aromatic ring is 1. The first-order valence-corrected chi connectivity index (χ1v) is 15.4. The third-order valence-electron chi connectivity index (χ3n) is 7.24.